The topological polar surface area (TPSA) is 185 Å². The summed E-state index contributed by atoms with van der Waals surface area (Å²) in [4.78, 5) is 49.2. The van der Waals surface area contributed by atoms with E-state index in [1.165, 1.54) is 34.1 Å². The van der Waals surface area contributed by atoms with Crippen molar-refractivity contribution in [2.75, 3.05) is 26.2 Å². The summed E-state index contributed by atoms with van der Waals surface area (Å²) in [5.74, 6) is -13.8. The second-order valence-corrected chi connectivity index (χ2v) is 10.8. The van der Waals surface area contributed by atoms with E-state index >= 15 is 0 Å². The number of nitrogens with zero attached hydrogens (tertiary/aromatic N) is 2. The first-order valence-corrected chi connectivity index (χ1v) is 14.4. The molecule has 0 atom stereocenters. The van der Waals surface area contributed by atoms with Gasteiger partial charge in [-0.05, 0) is 36.1 Å². The third kappa shape index (κ3) is 11.2. The zero-order valence-electron chi connectivity index (χ0n) is 25.3. The van der Waals surface area contributed by atoms with E-state index in [4.69, 9.17) is 5.11 Å². The Morgan fingerprint density at radius 3 is 1.48 bits per heavy atom. The first-order chi connectivity index (χ1) is 22.6. The minimum absolute atomic E-state index is 0.00153. The maximum absolute atomic E-state index is 13.9. The first kappa shape index (κ1) is 37.2. The van der Waals surface area contributed by atoms with Crippen molar-refractivity contribution in [3.63, 3.8) is 0 Å². The SMILES string of the molecule is O=C(O)CCc1ccc(O)c(CN(CCN(CC(=O)O)Cc2cc(CCC(=O)Oc3c(F)c(F)cc(F)c3F)ccc2O)CC(=O)O)c1. The van der Waals surface area contributed by atoms with Crippen LogP contribution >= 0.6 is 0 Å². The molecule has 258 valence electrons. The van der Waals surface area contributed by atoms with Gasteiger partial charge < -0.3 is 30.3 Å². The minimum atomic E-state index is -1.88. The first-order valence-electron chi connectivity index (χ1n) is 14.4. The molecule has 0 saturated carbocycles. The summed E-state index contributed by atoms with van der Waals surface area (Å²) in [6.07, 6.45) is -0.564. The van der Waals surface area contributed by atoms with Gasteiger partial charge in [-0.25, -0.2) is 8.78 Å². The molecule has 5 N–H and O–H groups in total. The number of carbonyl (C=O) groups excluding carboxylic acids is 1. The molecule has 0 saturated heterocycles. The molecule has 0 fully saturated rings. The Balaban J connectivity index is 1.70. The van der Waals surface area contributed by atoms with Crippen molar-refractivity contribution in [1.29, 1.82) is 0 Å². The molecule has 48 heavy (non-hydrogen) atoms. The fourth-order valence-corrected chi connectivity index (χ4v) is 4.72. The van der Waals surface area contributed by atoms with Crippen LogP contribution < -0.4 is 4.74 Å². The predicted molar refractivity (Wildman–Crippen MR) is 158 cm³/mol. The molecule has 0 bridgehead atoms. The quantitative estimate of drug-likeness (QED) is 0.0569. The van der Waals surface area contributed by atoms with Crippen molar-refractivity contribution >= 4 is 23.9 Å². The normalized spacial score (nSPS) is 11.2. The average Bonchev–Trinajstić information content (AvgIpc) is 3.01. The molecule has 0 unspecified atom stereocenters. The largest absolute Gasteiger partial charge is 0.508 e. The highest BCUT2D eigenvalue weighted by Gasteiger charge is 2.23. The Labute approximate surface area is 271 Å². The van der Waals surface area contributed by atoms with Crippen molar-refractivity contribution in [3.05, 3.63) is 88.0 Å². The lowest BCUT2D eigenvalue weighted by Gasteiger charge is -2.26. The van der Waals surface area contributed by atoms with Crippen LogP contribution in [0.1, 0.15) is 35.1 Å². The number of benzene rings is 3. The highest BCUT2D eigenvalue weighted by molar-refractivity contribution is 5.73. The number of ether oxygens (including phenoxy) is 1. The van der Waals surface area contributed by atoms with Gasteiger partial charge in [-0.2, -0.15) is 8.78 Å². The maximum atomic E-state index is 13.9. The van der Waals surface area contributed by atoms with Gasteiger partial charge in [0.1, 0.15) is 11.5 Å². The van der Waals surface area contributed by atoms with Gasteiger partial charge in [0.25, 0.3) is 0 Å². The third-order valence-electron chi connectivity index (χ3n) is 7.06. The fourth-order valence-electron chi connectivity index (χ4n) is 4.72. The molecule has 3 aromatic carbocycles. The lowest BCUT2D eigenvalue weighted by Crippen LogP contribution is -2.39. The lowest BCUT2D eigenvalue weighted by atomic mass is 10.0. The number of rotatable bonds is 18. The number of aryl methyl sites for hydroxylation is 2. The van der Waals surface area contributed by atoms with E-state index in [0.717, 1.165) is 0 Å². The van der Waals surface area contributed by atoms with Gasteiger partial charge in [0.15, 0.2) is 11.6 Å². The monoisotopic (exact) mass is 680 g/mol. The van der Waals surface area contributed by atoms with Crippen molar-refractivity contribution < 1.29 is 67.0 Å². The molecule has 0 amide bonds. The van der Waals surface area contributed by atoms with Gasteiger partial charge in [0.05, 0.1) is 13.1 Å². The zero-order chi connectivity index (χ0) is 35.5. The van der Waals surface area contributed by atoms with Crippen LogP contribution in [0.15, 0.2) is 42.5 Å². The maximum Gasteiger partial charge on any atom is 0.317 e. The van der Waals surface area contributed by atoms with Gasteiger partial charge >= 0.3 is 23.9 Å². The van der Waals surface area contributed by atoms with Crippen molar-refractivity contribution in [3.8, 4) is 17.2 Å². The number of halogens is 4. The lowest BCUT2D eigenvalue weighted by molar-refractivity contribution is -0.140. The molecule has 0 spiro atoms. The number of aliphatic carboxylic acids is 3. The van der Waals surface area contributed by atoms with E-state index < -0.39 is 72.4 Å². The summed E-state index contributed by atoms with van der Waals surface area (Å²) in [5.41, 5.74) is 1.58. The molecule has 3 rings (SSSR count). The number of phenolic OH excluding ortho intramolecular Hbond substituents is 2. The highest BCUT2D eigenvalue weighted by Crippen LogP contribution is 2.27. The van der Waals surface area contributed by atoms with E-state index in [1.807, 2.05) is 0 Å². The standard InChI is InChI=1S/C32H32F4N2O10/c33-22-13-23(34)31(36)32(30(22)35)48-29(47)8-4-19-2-6-25(40)21(12-19)15-38(17-28(45)46)10-9-37(16-27(43)44)14-20-11-18(1-5-24(20)39)3-7-26(41)42/h1-2,5-6,11-13,39-40H,3-4,7-10,14-17H2,(H,41,42)(H,43,44)(H,45,46). The van der Waals surface area contributed by atoms with Crippen molar-refractivity contribution in [2.24, 2.45) is 0 Å². The summed E-state index contributed by atoms with van der Waals surface area (Å²) < 4.78 is 59.1. The van der Waals surface area contributed by atoms with E-state index in [0.29, 0.717) is 16.7 Å². The zero-order valence-corrected chi connectivity index (χ0v) is 25.3. The Morgan fingerprint density at radius 2 is 1.06 bits per heavy atom. The van der Waals surface area contributed by atoms with Crippen molar-refractivity contribution in [1.82, 2.24) is 9.80 Å². The molecule has 3 aromatic rings. The number of phenols is 2. The summed E-state index contributed by atoms with van der Waals surface area (Å²) in [5, 5.41) is 48.7. The number of carboxylic acids is 3. The number of hydrogen-bond acceptors (Lipinski definition) is 9. The van der Waals surface area contributed by atoms with Crippen LogP contribution in [0.4, 0.5) is 17.6 Å². The number of esters is 1. The Bertz CT molecular complexity index is 1640. The van der Waals surface area contributed by atoms with Crippen molar-refractivity contribution in [2.45, 2.75) is 38.8 Å². The number of aromatic hydroxyl groups is 2. The summed E-state index contributed by atoms with van der Waals surface area (Å²) in [6.45, 7) is -1.23. The Kier molecular flexibility index (Phi) is 13.3. The van der Waals surface area contributed by atoms with E-state index in [-0.39, 0.29) is 68.6 Å². The van der Waals surface area contributed by atoms with Crippen LogP contribution in [-0.4, -0.2) is 85.4 Å². The van der Waals surface area contributed by atoms with E-state index in [9.17, 15) is 57.2 Å². The van der Waals surface area contributed by atoms with Crippen LogP contribution in [0.2, 0.25) is 0 Å². The molecular formula is C32H32F4N2O10. The van der Waals surface area contributed by atoms with E-state index in [1.54, 1.807) is 12.1 Å². The second-order valence-electron chi connectivity index (χ2n) is 10.8. The third-order valence-corrected chi connectivity index (χ3v) is 7.06. The number of hydrogen-bond donors (Lipinski definition) is 5. The van der Waals surface area contributed by atoms with Gasteiger partial charge in [0.2, 0.25) is 17.4 Å². The smallest absolute Gasteiger partial charge is 0.317 e. The molecule has 0 heterocycles. The summed E-state index contributed by atoms with van der Waals surface area (Å²) in [6, 6.07) is 8.58. The van der Waals surface area contributed by atoms with Crippen LogP contribution in [0.25, 0.3) is 0 Å². The summed E-state index contributed by atoms with van der Waals surface area (Å²) >= 11 is 0. The van der Waals surface area contributed by atoms with Gasteiger partial charge in [-0.3, -0.25) is 29.0 Å². The van der Waals surface area contributed by atoms with Gasteiger partial charge in [-0.15, -0.1) is 0 Å². The molecule has 0 aliphatic carbocycles. The van der Waals surface area contributed by atoms with Crippen LogP contribution in [0, 0.1) is 23.3 Å². The predicted octanol–water partition coefficient (Wildman–Crippen LogP) is 3.68. The summed E-state index contributed by atoms with van der Waals surface area (Å²) in [7, 11) is 0. The molecule has 0 aromatic heterocycles. The van der Waals surface area contributed by atoms with Gasteiger partial charge in [-0.1, -0.05) is 24.3 Å². The van der Waals surface area contributed by atoms with Crippen LogP contribution in [-0.2, 0) is 45.1 Å². The number of carbonyl (C=O) groups is 4. The fraction of sp³-hybridized carbons (Fsp3) is 0.312. The molecule has 0 radical (unpaired) electrons. The average molecular weight is 681 g/mol. The molecule has 16 heteroatoms. The van der Waals surface area contributed by atoms with Gasteiger partial charge in [0, 0.05) is 56.2 Å². The van der Waals surface area contributed by atoms with Crippen LogP contribution in [0.5, 0.6) is 17.2 Å². The molecule has 0 aliphatic rings. The van der Waals surface area contributed by atoms with E-state index in [2.05, 4.69) is 4.74 Å². The second kappa shape index (κ2) is 17.1. The van der Waals surface area contributed by atoms with Crippen LogP contribution in [0.3, 0.4) is 0 Å². The minimum Gasteiger partial charge on any atom is -0.508 e. The molecular weight excluding hydrogens is 648 g/mol. The Morgan fingerprint density at radius 1 is 0.625 bits per heavy atom. The Hall–Kier alpha value is -5.22. The highest BCUT2D eigenvalue weighted by atomic mass is 19.2. The molecule has 0 aliphatic heterocycles. The molecule has 12 nitrogen and oxygen atoms in total. The number of carboxylic acid groups (broad SMARTS) is 3.